The predicted molar refractivity (Wildman–Crippen MR) is 644 cm³/mol. The molecular formula is C140H256N2O. The van der Waals surface area contributed by atoms with E-state index in [2.05, 4.69) is 96.0 Å². The molecule has 5 rings (SSSR count). The van der Waals surface area contributed by atoms with Crippen molar-refractivity contribution in [1.29, 1.82) is 0 Å². The molecule has 2 heterocycles. The molecule has 4 unspecified atom stereocenters. The molecule has 143 heavy (non-hydrogen) atoms. The maximum atomic E-state index is 6.09. The first-order valence-corrected chi connectivity index (χ1v) is 67.5. The standard InChI is InChI=1S/C140H256N2O/c1-3-132-125-126-137(143-2)136(130-132)131-141-139-135-124-114-110-108-106-104-102-100-98-96-94-92-90-88-86-84-82-80-78-76-74-72-70-68-66-64-62-60-58-56-54-52-50-48-46-44-42-40-38-36-34-32-30-28-26-24-22-20-18-16-14-12-10-8-6-4-5-7-9-11-13-15-17-19-21-23-25-27-29-31-33-35-37-39-41-43-45-47-49-51-53-55-57-59-61-63-65-67-69-71-73-75-77-79-81-83-85-87-89-91-93-95-97-99-101-103-105-107-109-111-119-128-142(129-127-135)140(139)138(133-120-115-112-116-121-133)134-122-117-113-118-123-134/h112-113,115-118,120-123,125-126,130,135,138-141H,3-111,114,119,124,127-129,131H2,1-2H3. The van der Waals surface area contributed by atoms with Gasteiger partial charge in [-0.15, -0.1) is 0 Å². The molecule has 0 radical (unpaired) electrons. The lowest BCUT2D eigenvalue weighted by atomic mass is 9.72. The Bertz CT molecular complexity index is 2810. The van der Waals surface area contributed by atoms with Crippen molar-refractivity contribution < 1.29 is 4.74 Å². The van der Waals surface area contributed by atoms with E-state index in [0.717, 1.165) is 18.7 Å². The number of benzene rings is 3. The summed E-state index contributed by atoms with van der Waals surface area (Å²) >= 11 is 0. The highest BCUT2D eigenvalue weighted by molar-refractivity contribution is 5.39. The van der Waals surface area contributed by atoms with Gasteiger partial charge in [0.2, 0.25) is 0 Å². The molecule has 0 spiro atoms. The van der Waals surface area contributed by atoms with Crippen molar-refractivity contribution in [3.8, 4) is 5.75 Å². The number of nitrogens with zero attached hydrogens (tertiary/aromatic N) is 1. The highest BCUT2D eigenvalue weighted by atomic mass is 16.5. The van der Waals surface area contributed by atoms with E-state index in [1.807, 2.05) is 7.11 Å². The minimum Gasteiger partial charge on any atom is -0.496 e. The number of nitrogens with one attached hydrogen (secondary N) is 1. The molecule has 4 atom stereocenters. The Hall–Kier alpha value is -2.62. The van der Waals surface area contributed by atoms with Crippen molar-refractivity contribution in [2.75, 3.05) is 20.2 Å². The van der Waals surface area contributed by atoms with Gasteiger partial charge >= 0.3 is 0 Å². The summed E-state index contributed by atoms with van der Waals surface area (Å²) in [5.41, 5.74) is 5.64. The van der Waals surface area contributed by atoms with Crippen LogP contribution in [0.1, 0.15) is 754 Å². The van der Waals surface area contributed by atoms with Gasteiger partial charge in [0.05, 0.1) is 7.11 Å². The summed E-state index contributed by atoms with van der Waals surface area (Å²) in [6, 6.07) is 31.0. The Morgan fingerprint density at radius 3 is 0.580 bits per heavy atom. The first-order valence-electron chi connectivity index (χ1n) is 67.5. The van der Waals surface area contributed by atoms with E-state index in [4.69, 9.17) is 4.74 Å². The largest absolute Gasteiger partial charge is 0.496 e. The molecule has 0 aliphatic carbocycles. The molecule has 3 aromatic carbocycles. The smallest absolute Gasteiger partial charge is 0.123 e. The lowest BCUT2D eigenvalue weighted by Crippen LogP contribution is -2.60. The van der Waals surface area contributed by atoms with Gasteiger partial charge in [0.1, 0.15) is 5.75 Å². The molecule has 3 nitrogen and oxygen atoms in total. The summed E-state index contributed by atoms with van der Waals surface area (Å²) < 4.78 is 6.09. The average Bonchev–Trinajstić information content (AvgIpc) is 0.769. The second-order valence-corrected chi connectivity index (χ2v) is 48.5. The van der Waals surface area contributed by atoms with Crippen LogP contribution in [0.3, 0.4) is 0 Å². The molecule has 0 saturated carbocycles. The lowest BCUT2D eigenvalue weighted by Gasteiger charge is -2.50. The van der Waals surface area contributed by atoms with Gasteiger partial charge in [-0.2, -0.15) is 0 Å². The summed E-state index contributed by atoms with van der Waals surface area (Å²) in [5, 5.41) is 4.41. The maximum Gasteiger partial charge on any atom is 0.123 e. The Morgan fingerprint density at radius 2 is 0.399 bits per heavy atom. The van der Waals surface area contributed by atoms with Crippen LogP contribution in [0.25, 0.3) is 0 Å². The van der Waals surface area contributed by atoms with Crippen molar-refractivity contribution in [2.24, 2.45) is 5.92 Å². The van der Waals surface area contributed by atoms with E-state index in [-0.39, 0.29) is 0 Å². The number of hydrogen-bond acceptors (Lipinski definition) is 3. The van der Waals surface area contributed by atoms with E-state index >= 15 is 0 Å². The van der Waals surface area contributed by atoms with Gasteiger partial charge in [-0.1, -0.05) is 780 Å². The lowest BCUT2D eigenvalue weighted by molar-refractivity contribution is 0.0538. The number of ether oxygens (including phenoxy) is 1. The molecule has 0 aromatic heterocycles. The van der Waals surface area contributed by atoms with Gasteiger partial charge in [-0.25, -0.2) is 0 Å². The van der Waals surface area contributed by atoms with Crippen molar-refractivity contribution in [3.05, 3.63) is 101 Å². The summed E-state index contributed by atoms with van der Waals surface area (Å²) in [7, 11) is 1.86. The fourth-order valence-electron chi connectivity index (χ4n) is 25.6. The molecule has 2 bridgehead atoms. The summed E-state index contributed by atoms with van der Waals surface area (Å²) in [5.74, 6) is 1.96. The van der Waals surface area contributed by atoms with Crippen LogP contribution in [0.2, 0.25) is 0 Å². The molecule has 1 N–H and O–H groups in total. The zero-order valence-corrected chi connectivity index (χ0v) is 97.7. The van der Waals surface area contributed by atoms with E-state index in [1.165, 1.54) is 754 Å². The van der Waals surface area contributed by atoms with Crippen molar-refractivity contribution in [1.82, 2.24) is 10.2 Å². The van der Waals surface area contributed by atoms with Crippen molar-refractivity contribution >= 4 is 0 Å². The van der Waals surface area contributed by atoms with Crippen LogP contribution >= 0.6 is 0 Å². The third-order valence-electron chi connectivity index (χ3n) is 35.3. The topological polar surface area (TPSA) is 24.5 Å². The Labute approximate surface area is 898 Å². The van der Waals surface area contributed by atoms with Crippen molar-refractivity contribution in [2.45, 2.75) is 757 Å². The number of rotatable bonds is 8. The summed E-state index contributed by atoms with van der Waals surface area (Å²) in [6.45, 7) is 5.54. The van der Waals surface area contributed by atoms with E-state index in [1.54, 1.807) is 0 Å². The molecule has 2 aliphatic rings. The normalized spacial score (nSPS) is 24.0. The molecular weight excluding hydrogens is 1730 g/mol. The second kappa shape index (κ2) is 106. The van der Waals surface area contributed by atoms with Crippen LogP contribution in [-0.4, -0.2) is 37.2 Å². The van der Waals surface area contributed by atoms with E-state index in [9.17, 15) is 0 Å². The molecule has 2 saturated heterocycles. The van der Waals surface area contributed by atoms with Crippen LogP contribution in [0.5, 0.6) is 5.75 Å². The summed E-state index contributed by atoms with van der Waals surface area (Å²) in [6.07, 6.45) is 166. The van der Waals surface area contributed by atoms with Crippen molar-refractivity contribution in [3.63, 3.8) is 0 Å². The quantitative estimate of drug-likeness (QED) is 0.243. The fraction of sp³-hybridized carbons (Fsp3) is 0.871. The maximum absolute atomic E-state index is 6.09. The number of hydrogen-bond donors (Lipinski definition) is 1. The van der Waals surface area contributed by atoms with Crippen LogP contribution in [0.15, 0.2) is 78.9 Å². The number of piperidine rings is 1. The third kappa shape index (κ3) is 81.8. The number of fused-ring (bicyclic) bond motifs is 3. The highest BCUT2D eigenvalue weighted by Crippen LogP contribution is 2.41. The van der Waals surface area contributed by atoms with Crippen LogP contribution in [0.4, 0.5) is 0 Å². The fourth-order valence-corrected chi connectivity index (χ4v) is 25.6. The molecule has 2 fully saturated rings. The average molecular weight is 1980 g/mol. The van der Waals surface area contributed by atoms with Gasteiger partial charge in [0.25, 0.3) is 0 Å². The van der Waals surface area contributed by atoms with Gasteiger partial charge in [-0.05, 0) is 67.4 Å². The van der Waals surface area contributed by atoms with Gasteiger partial charge in [0, 0.05) is 30.1 Å². The number of aryl methyl sites for hydroxylation is 1. The minimum absolute atomic E-state index is 0.297. The second-order valence-electron chi connectivity index (χ2n) is 48.5. The van der Waals surface area contributed by atoms with Gasteiger partial charge < -0.3 is 10.1 Å². The SMILES string of the molecule is CCc1ccc(OC)c(CNC2C3CCCCCCCCCCCCCCCCCCCCCCCCCCCCCCCCCCCCCCCCCCCCCCCCCCCCCCCCCCCCCCCCCCCCCCCCCCCCCCCCCCCCCCCCCCCCCCCCCCCCCCCCCCCCCCCCN(CC3)C2C(c2ccccc2)c2ccccc2)c1. The van der Waals surface area contributed by atoms with Gasteiger partial charge in [-0.3, -0.25) is 4.90 Å². The molecule has 2 aliphatic heterocycles. The van der Waals surface area contributed by atoms with Crippen LogP contribution in [-0.2, 0) is 13.0 Å². The summed E-state index contributed by atoms with van der Waals surface area (Å²) in [4.78, 5) is 2.99. The molecule has 832 valence electrons. The molecule has 0 amide bonds. The first-order chi connectivity index (χ1) is 71.3. The molecule has 3 heteroatoms. The van der Waals surface area contributed by atoms with E-state index < -0.39 is 0 Å². The Balaban J connectivity index is 0.878. The minimum atomic E-state index is 0.297. The Kier molecular flexibility index (Phi) is 97.3. The first kappa shape index (κ1) is 131. The highest BCUT2D eigenvalue weighted by Gasteiger charge is 2.43. The predicted octanol–water partition coefficient (Wildman–Crippen LogP) is 48.6. The monoisotopic (exact) mass is 1980 g/mol. The zero-order valence-electron chi connectivity index (χ0n) is 97.7. The third-order valence-corrected chi connectivity index (χ3v) is 35.3. The Morgan fingerprint density at radius 1 is 0.217 bits per heavy atom. The van der Waals surface area contributed by atoms with Crippen LogP contribution < -0.4 is 10.1 Å². The molecule has 3 aromatic rings. The zero-order chi connectivity index (χ0) is 100. The number of methoxy groups -OCH3 is 1. The van der Waals surface area contributed by atoms with Gasteiger partial charge in [0.15, 0.2) is 0 Å². The van der Waals surface area contributed by atoms with E-state index in [0.29, 0.717) is 23.9 Å². The van der Waals surface area contributed by atoms with Crippen LogP contribution in [0, 0.1) is 5.92 Å².